The van der Waals surface area contributed by atoms with E-state index >= 15 is 0 Å². The minimum absolute atomic E-state index is 0.0891. The molecule has 0 saturated heterocycles. The Kier molecular flexibility index (Phi) is 6.18. The van der Waals surface area contributed by atoms with Crippen LogP contribution in [0.15, 0.2) is 35.9 Å². The third-order valence-corrected chi connectivity index (χ3v) is 5.43. The van der Waals surface area contributed by atoms with Crippen molar-refractivity contribution >= 4 is 15.9 Å². The van der Waals surface area contributed by atoms with Crippen LogP contribution in [0.4, 0.5) is 0 Å². The Morgan fingerprint density at radius 3 is 2.46 bits per heavy atom. The van der Waals surface area contributed by atoms with Crippen molar-refractivity contribution in [1.29, 1.82) is 0 Å². The van der Waals surface area contributed by atoms with Gasteiger partial charge in [-0.3, -0.25) is 4.79 Å². The molecule has 132 valence electrons. The quantitative estimate of drug-likeness (QED) is 0.707. The van der Waals surface area contributed by atoms with Crippen LogP contribution in [0.1, 0.15) is 44.7 Å². The number of carbonyl (C=O) groups is 1. The van der Waals surface area contributed by atoms with Crippen molar-refractivity contribution in [2.45, 2.75) is 52.0 Å². The van der Waals surface area contributed by atoms with Gasteiger partial charge in [-0.2, -0.15) is 0 Å². The van der Waals surface area contributed by atoms with E-state index in [-0.39, 0.29) is 17.7 Å². The molecule has 1 aromatic rings. The van der Waals surface area contributed by atoms with E-state index in [1.807, 2.05) is 25.1 Å². The van der Waals surface area contributed by atoms with Gasteiger partial charge in [-0.15, -0.1) is 0 Å². The number of hydrogen-bond donors (Lipinski definition) is 2. The SMILES string of the molecule is C/C(=C/C(=O)NCc1ccccc1CS(=O)(=O)NC(C)C)C1CC1. The lowest BCUT2D eigenvalue weighted by Crippen LogP contribution is -2.31. The highest BCUT2D eigenvalue weighted by molar-refractivity contribution is 7.88. The highest BCUT2D eigenvalue weighted by atomic mass is 32.2. The summed E-state index contributed by atoms with van der Waals surface area (Å²) in [5.74, 6) is 0.349. The molecule has 1 saturated carbocycles. The topological polar surface area (TPSA) is 75.3 Å². The summed E-state index contributed by atoms with van der Waals surface area (Å²) in [5.41, 5.74) is 2.63. The molecule has 1 aliphatic carbocycles. The number of hydrogen-bond acceptors (Lipinski definition) is 3. The molecule has 1 fully saturated rings. The predicted molar refractivity (Wildman–Crippen MR) is 95.7 cm³/mol. The van der Waals surface area contributed by atoms with E-state index in [2.05, 4.69) is 10.0 Å². The van der Waals surface area contributed by atoms with E-state index in [9.17, 15) is 13.2 Å². The van der Waals surface area contributed by atoms with Gasteiger partial charge in [-0.1, -0.05) is 29.8 Å². The Hall–Kier alpha value is -1.66. The van der Waals surface area contributed by atoms with Crippen LogP contribution < -0.4 is 10.0 Å². The molecule has 24 heavy (non-hydrogen) atoms. The fourth-order valence-electron chi connectivity index (χ4n) is 2.57. The van der Waals surface area contributed by atoms with E-state index < -0.39 is 10.0 Å². The average molecular weight is 350 g/mol. The molecule has 2 rings (SSSR count). The van der Waals surface area contributed by atoms with Crippen molar-refractivity contribution in [3.63, 3.8) is 0 Å². The van der Waals surface area contributed by atoms with Gasteiger partial charge in [0.05, 0.1) is 5.75 Å². The molecule has 0 spiro atoms. The Morgan fingerprint density at radius 2 is 1.88 bits per heavy atom. The number of sulfonamides is 1. The zero-order valence-electron chi connectivity index (χ0n) is 14.5. The molecule has 1 amide bonds. The Balaban J connectivity index is 2.00. The number of benzene rings is 1. The molecule has 1 aromatic carbocycles. The monoisotopic (exact) mass is 350 g/mol. The summed E-state index contributed by atoms with van der Waals surface area (Å²) in [6, 6.07) is 7.14. The first-order valence-corrected chi connectivity index (χ1v) is 9.95. The summed E-state index contributed by atoms with van der Waals surface area (Å²) in [7, 11) is -3.39. The van der Waals surface area contributed by atoms with Gasteiger partial charge >= 0.3 is 0 Å². The van der Waals surface area contributed by atoms with Crippen LogP contribution in [0.3, 0.4) is 0 Å². The van der Waals surface area contributed by atoms with Crippen LogP contribution in [0.2, 0.25) is 0 Å². The van der Waals surface area contributed by atoms with E-state index in [0.717, 1.165) is 11.1 Å². The van der Waals surface area contributed by atoms with Crippen molar-refractivity contribution in [2.75, 3.05) is 0 Å². The second kappa shape index (κ2) is 7.94. The molecule has 0 atom stereocenters. The van der Waals surface area contributed by atoms with Crippen molar-refractivity contribution in [3.8, 4) is 0 Å². The van der Waals surface area contributed by atoms with E-state index in [4.69, 9.17) is 0 Å². The zero-order chi connectivity index (χ0) is 17.7. The van der Waals surface area contributed by atoms with Crippen LogP contribution >= 0.6 is 0 Å². The summed E-state index contributed by atoms with van der Waals surface area (Å²) in [5, 5.41) is 2.85. The van der Waals surface area contributed by atoms with Crippen LogP contribution in [-0.4, -0.2) is 20.4 Å². The largest absolute Gasteiger partial charge is 0.348 e. The van der Waals surface area contributed by atoms with Crippen LogP contribution in [0.25, 0.3) is 0 Å². The fourth-order valence-corrected chi connectivity index (χ4v) is 4.07. The molecule has 0 bridgehead atoms. The Labute approximate surface area is 144 Å². The zero-order valence-corrected chi connectivity index (χ0v) is 15.3. The number of nitrogens with one attached hydrogen (secondary N) is 2. The van der Waals surface area contributed by atoms with Gasteiger partial charge in [0.2, 0.25) is 15.9 Å². The minimum atomic E-state index is -3.39. The Bertz CT molecular complexity index is 720. The third-order valence-electron chi connectivity index (χ3n) is 3.91. The lowest BCUT2D eigenvalue weighted by Gasteiger charge is -2.13. The molecule has 0 heterocycles. The molecule has 6 heteroatoms. The summed E-state index contributed by atoms with van der Waals surface area (Å²) < 4.78 is 26.8. The van der Waals surface area contributed by atoms with Gasteiger partial charge in [0.15, 0.2) is 0 Å². The normalized spacial score (nSPS) is 15.6. The van der Waals surface area contributed by atoms with Gasteiger partial charge in [-0.05, 0) is 50.7 Å². The summed E-state index contributed by atoms with van der Waals surface area (Å²) >= 11 is 0. The van der Waals surface area contributed by atoms with Gasteiger partial charge in [0.1, 0.15) is 0 Å². The highest BCUT2D eigenvalue weighted by Gasteiger charge is 2.23. The second-order valence-electron chi connectivity index (χ2n) is 6.68. The lowest BCUT2D eigenvalue weighted by molar-refractivity contribution is -0.116. The van der Waals surface area contributed by atoms with Gasteiger partial charge in [0.25, 0.3) is 0 Å². The standard InChI is InChI=1S/C18H26N2O3S/c1-13(2)20-24(22,23)12-17-7-5-4-6-16(17)11-19-18(21)10-14(3)15-8-9-15/h4-7,10,13,15,20H,8-9,11-12H2,1-3H3,(H,19,21)/b14-10-. The molecule has 0 aliphatic heterocycles. The molecule has 5 nitrogen and oxygen atoms in total. The average Bonchev–Trinajstić information content (AvgIpc) is 3.29. The second-order valence-corrected chi connectivity index (χ2v) is 8.43. The molecular formula is C18H26N2O3S. The Morgan fingerprint density at radius 1 is 1.25 bits per heavy atom. The molecule has 0 radical (unpaired) electrons. The molecule has 0 unspecified atom stereocenters. The maximum atomic E-state index is 12.1. The van der Waals surface area contributed by atoms with Crippen LogP contribution in [-0.2, 0) is 27.1 Å². The van der Waals surface area contributed by atoms with Gasteiger partial charge < -0.3 is 5.32 Å². The summed E-state index contributed by atoms with van der Waals surface area (Å²) in [6.45, 7) is 5.88. The maximum Gasteiger partial charge on any atom is 0.244 e. The van der Waals surface area contributed by atoms with Crippen molar-refractivity contribution < 1.29 is 13.2 Å². The maximum absolute atomic E-state index is 12.1. The van der Waals surface area contributed by atoms with E-state index in [0.29, 0.717) is 18.0 Å². The number of amides is 1. The first kappa shape index (κ1) is 18.7. The van der Waals surface area contributed by atoms with Crippen molar-refractivity contribution in [2.24, 2.45) is 5.92 Å². The third kappa shape index (κ3) is 6.09. The summed E-state index contributed by atoms with van der Waals surface area (Å²) in [6.07, 6.45) is 3.98. The minimum Gasteiger partial charge on any atom is -0.348 e. The smallest absolute Gasteiger partial charge is 0.244 e. The highest BCUT2D eigenvalue weighted by Crippen LogP contribution is 2.35. The van der Waals surface area contributed by atoms with Crippen LogP contribution in [0, 0.1) is 5.92 Å². The molecule has 1 aliphatic rings. The van der Waals surface area contributed by atoms with Gasteiger partial charge in [-0.25, -0.2) is 13.1 Å². The van der Waals surface area contributed by atoms with Crippen molar-refractivity contribution in [1.82, 2.24) is 10.0 Å². The number of allylic oxidation sites excluding steroid dienone is 1. The molecule has 2 N–H and O–H groups in total. The first-order chi connectivity index (χ1) is 11.3. The number of rotatable bonds is 8. The van der Waals surface area contributed by atoms with Crippen LogP contribution in [0.5, 0.6) is 0 Å². The van der Waals surface area contributed by atoms with E-state index in [1.165, 1.54) is 12.8 Å². The fraction of sp³-hybridized carbons (Fsp3) is 0.500. The van der Waals surface area contributed by atoms with Crippen molar-refractivity contribution in [3.05, 3.63) is 47.0 Å². The first-order valence-electron chi connectivity index (χ1n) is 8.29. The number of carbonyl (C=O) groups excluding carboxylic acids is 1. The summed E-state index contributed by atoms with van der Waals surface area (Å²) in [4.78, 5) is 12.0. The van der Waals surface area contributed by atoms with E-state index in [1.54, 1.807) is 26.0 Å². The predicted octanol–water partition coefficient (Wildman–Crippen LogP) is 2.49. The molecular weight excluding hydrogens is 324 g/mol. The van der Waals surface area contributed by atoms with Gasteiger partial charge in [0, 0.05) is 18.7 Å². The molecule has 0 aromatic heterocycles. The lowest BCUT2D eigenvalue weighted by atomic mass is 10.1.